The molecular formula is H2Al2MgO12S3. The molecule has 0 heterocycles. The van der Waals surface area contributed by atoms with Crippen molar-refractivity contribution in [1.29, 1.82) is 0 Å². The van der Waals surface area contributed by atoms with Gasteiger partial charge in [-0.1, -0.05) is 0 Å². The normalized spacial score (nSPS) is 9.67. The quantitative estimate of drug-likeness (QED) is 0.222. The van der Waals surface area contributed by atoms with E-state index in [0.717, 1.165) is 0 Å². The van der Waals surface area contributed by atoms with Crippen LogP contribution >= 0.6 is 0 Å². The summed E-state index contributed by atoms with van der Waals surface area (Å²) in [6.07, 6.45) is 0. The smallest absolute Gasteiger partial charge is 1.00 e. The van der Waals surface area contributed by atoms with Crippen LogP contribution in [0, 0.1) is 0 Å². The van der Waals surface area contributed by atoms with Crippen molar-refractivity contribution in [2.75, 3.05) is 0 Å². The summed E-state index contributed by atoms with van der Waals surface area (Å²) in [4.78, 5) is 0. The van der Waals surface area contributed by atoms with Crippen molar-refractivity contribution < 1.29 is 55.4 Å². The minimum atomic E-state index is -5.17. The maximum atomic E-state index is 8.52. The molecule has 12 nitrogen and oxygen atoms in total. The van der Waals surface area contributed by atoms with Crippen LogP contribution in [0.1, 0.15) is 2.85 Å². The Morgan fingerprint density at radius 2 is 0.500 bits per heavy atom. The third-order valence-electron chi connectivity index (χ3n) is 0. The fourth-order valence-electron chi connectivity index (χ4n) is 0. The molecule has 0 N–H and O–H groups in total. The molecule has 0 aliphatic rings. The van der Waals surface area contributed by atoms with Crippen LogP contribution in [0.15, 0.2) is 0 Å². The van der Waals surface area contributed by atoms with Gasteiger partial charge in [0, 0.05) is 31.2 Å². The van der Waals surface area contributed by atoms with E-state index < -0.39 is 31.2 Å². The summed E-state index contributed by atoms with van der Waals surface area (Å²) < 4.78 is 102. The Labute approximate surface area is 143 Å². The van der Waals surface area contributed by atoms with Gasteiger partial charge >= 0.3 is 57.8 Å². The Morgan fingerprint density at radius 3 is 0.500 bits per heavy atom. The van der Waals surface area contributed by atoms with E-state index in [4.69, 9.17) is 52.6 Å². The third-order valence-corrected chi connectivity index (χ3v) is 0. The molecule has 0 radical (unpaired) electrons. The van der Waals surface area contributed by atoms with Gasteiger partial charge in [0.15, 0.2) is 0 Å². The van der Waals surface area contributed by atoms with Gasteiger partial charge in [-0.25, -0.2) is 0 Å². The van der Waals surface area contributed by atoms with Crippen molar-refractivity contribution in [2.45, 2.75) is 0 Å². The van der Waals surface area contributed by atoms with Gasteiger partial charge in [0.2, 0.25) is 0 Å². The Bertz CT molecular complexity index is 356. The second kappa shape index (κ2) is 14.8. The van der Waals surface area contributed by atoms with Gasteiger partial charge in [-0.15, -0.1) is 0 Å². The maximum absolute atomic E-state index is 8.52. The standard InChI is InChI=1S/2Al.Mg.3H2O4S.2H/c;;;3*1-5(2,3)4;;/h;;;3*(H2,1,2,3,4);;/q2*+3;+2;;;;2*-1/p-6. The van der Waals surface area contributed by atoms with Gasteiger partial charge in [0.25, 0.3) is 0 Å². The molecule has 0 aromatic heterocycles. The Kier molecular flexibility index (Phi) is 30.2. The van der Waals surface area contributed by atoms with Crippen LogP contribution in [-0.2, 0) is 31.2 Å². The molecule has 0 bridgehead atoms. The van der Waals surface area contributed by atoms with Gasteiger partial charge in [0.05, 0.1) is 0 Å². The first-order chi connectivity index (χ1) is 6.00. The summed E-state index contributed by atoms with van der Waals surface area (Å²) >= 11 is 0. The fourth-order valence-corrected chi connectivity index (χ4v) is 0. The van der Waals surface area contributed by atoms with Gasteiger partial charge < -0.3 is 30.2 Å². The van der Waals surface area contributed by atoms with Crippen molar-refractivity contribution in [2.24, 2.45) is 0 Å². The fraction of sp³-hybridized carbons (Fsp3) is 0. The van der Waals surface area contributed by atoms with Gasteiger partial charge in [-0.3, -0.25) is 25.3 Å². The zero-order valence-electron chi connectivity index (χ0n) is 9.99. The van der Waals surface area contributed by atoms with Crippen LogP contribution in [-0.4, -0.2) is 110 Å². The molecule has 0 rings (SSSR count). The molecule has 0 saturated heterocycles. The van der Waals surface area contributed by atoms with E-state index in [1.54, 1.807) is 0 Å². The molecule has 0 aliphatic heterocycles. The number of hydrogen-bond acceptors (Lipinski definition) is 12. The summed E-state index contributed by atoms with van der Waals surface area (Å²) in [5.41, 5.74) is 0. The molecule has 0 saturated carbocycles. The molecule has 18 heavy (non-hydrogen) atoms. The molecule has 0 atom stereocenters. The van der Waals surface area contributed by atoms with E-state index in [9.17, 15) is 0 Å². The Hall–Kier alpha value is 1.44. The summed E-state index contributed by atoms with van der Waals surface area (Å²) in [6.45, 7) is 0. The molecule has 0 amide bonds. The molecule has 0 aliphatic carbocycles. The summed E-state index contributed by atoms with van der Waals surface area (Å²) in [6, 6.07) is 0. The van der Waals surface area contributed by atoms with Crippen molar-refractivity contribution in [1.82, 2.24) is 0 Å². The van der Waals surface area contributed by atoms with Crippen LogP contribution in [0.2, 0.25) is 0 Å². The molecule has 18 heteroatoms. The van der Waals surface area contributed by atoms with Crippen LogP contribution < -0.4 is 0 Å². The molecule has 100 valence electrons. The zero-order chi connectivity index (χ0) is 13.5. The monoisotopic (exact) mass is 368 g/mol. The molecule has 0 spiro atoms. The first-order valence-electron chi connectivity index (χ1n) is 2.00. The van der Waals surface area contributed by atoms with Gasteiger partial charge in [-0.05, 0) is 0 Å². The molecule has 0 fully saturated rings. The van der Waals surface area contributed by atoms with Crippen molar-refractivity contribution in [3.63, 3.8) is 0 Å². The Balaban J connectivity index is -0.0000000160. The SMILES string of the molecule is O=S(=O)([O-])[O-].O=S(=O)([O-])[O-].O=S(=O)([O-])[O-].[Al+3].[Al+3].[H-].[H-].[Mg+2]. The topological polar surface area (TPSA) is 241 Å². The average molecular weight is 368 g/mol. The minimum Gasteiger partial charge on any atom is -1.00 e. The molecule has 0 unspecified atom stereocenters. The largest absolute Gasteiger partial charge is 3.00 e. The second-order valence-corrected chi connectivity index (χ2v) is 3.67. The molecular weight excluding hydrogens is 366 g/mol. The average Bonchev–Trinajstić information content (AvgIpc) is 1.41. The van der Waals surface area contributed by atoms with E-state index >= 15 is 0 Å². The van der Waals surface area contributed by atoms with Crippen molar-refractivity contribution in [3.05, 3.63) is 0 Å². The van der Waals surface area contributed by atoms with Crippen LogP contribution in [0.3, 0.4) is 0 Å². The van der Waals surface area contributed by atoms with E-state index in [1.165, 1.54) is 0 Å². The summed E-state index contributed by atoms with van der Waals surface area (Å²) in [5.74, 6) is 0. The molecule has 0 aromatic carbocycles. The third kappa shape index (κ3) is 2270. The van der Waals surface area contributed by atoms with Crippen LogP contribution in [0.4, 0.5) is 0 Å². The van der Waals surface area contributed by atoms with Gasteiger partial charge in [0.1, 0.15) is 0 Å². The van der Waals surface area contributed by atoms with E-state index in [-0.39, 0.29) is 60.6 Å². The first-order valence-corrected chi connectivity index (χ1v) is 6.00. The first kappa shape index (κ1) is 36.6. The zero-order valence-corrected chi connectivity index (χ0v) is 14.2. The minimum absolute atomic E-state index is 0. The van der Waals surface area contributed by atoms with E-state index in [2.05, 4.69) is 0 Å². The van der Waals surface area contributed by atoms with Crippen LogP contribution in [0.5, 0.6) is 0 Å². The second-order valence-electron chi connectivity index (χ2n) is 1.22. The van der Waals surface area contributed by atoms with Crippen molar-refractivity contribution in [3.8, 4) is 0 Å². The number of rotatable bonds is 0. The number of hydrogen-bond donors (Lipinski definition) is 0. The van der Waals surface area contributed by atoms with Crippen LogP contribution in [0.25, 0.3) is 0 Å². The predicted molar refractivity (Wildman–Crippen MR) is 50.9 cm³/mol. The Morgan fingerprint density at radius 1 is 0.500 bits per heavy atom. The maximum Gasteiger partial charge on any atom is 3.00 e. The van der Waals surface area contributed by atoms with Crippen molar-refractivity contribution >= 4 is 89.0 Å². The summed E-state index contributed by atoms with van der Waals surface area (Å²) in [5, 5.41) is 0. The predicted octanol–water partition coefficient (Wildman–Crippen LogP) is -4.93. The molecule has 0 aromatic rings. The van der Waals surface area contributed by atoms with E-state index in [1.807, 2.05) is 0 Å². The van der Waals surface area contributed by atoms with Gasteiger partial charge in [-0.2, -0.15) is 0 Å². The summed E-state index contributed by atoms with van der Waals surface area (Å²) in [7, 11) is -15.5. The van der Waals surface area contributed by atoms with E-state index in [0.29, 0.717) is 0 Å².